The number of nitriles is 1. The van der Waals surface area contributed by atoms with Crippen molar-refractivity contribution in [3.8, 4) is 23.3 Å². The highest BCUT2D eigenvalue weighted by molar-refractivity contribution is 8.03. The predicted molar refractivity (Wildman–Crippen MR) is 124 cm³/mol. The van der Waals surface area contributed by atoms with Gasteiger partial charge in [0.05, 0.1) is 50.5 Å². The average Bonchev–Trinajstić information content (AvgIpc) is 2.83. The molecule has 7 nitrogen and oxygen atoms in total. The van der Waals surface area contributed by atoms with Crippen LogP contribution in [-0.2, 0) is 4.79 Å². The molecule has 1 atom stereocenters. The molecule has 0 aliphatic carbocycles. The van der Waals surface area contributed by atoms with Gasteiger partial charge in [-0.2, -0.15) is 5.26 Å². The fourth-order valence-corrected chi connectivity index (χ4v) is 5.38. The Morgan fingerprint density at radius 1 is 1.06 bits per heavy atom. The number of fused-ring (bicyclic) bond motifs is 1. The van der Waals surface area contributed by atoms with Crippen molar-refractivity contribution in [1.29, 1.82) is 5.26 Å². The van der Waals surface area contributed by atoms with Gasteiger partial charge < -0.3 is 19.1 Å². The van der Waals surface area contributed by atoms with Crippen LogP contribution < -0.4 is 19.1 Å². The monoisotopic (exact) mass is 451 g/mol. The SMILES string of the molecule is COc1cc(OC)c(C2CC(=O)N3CN(c4ccccc4C)CSC3=C2C#N)cc1OC. The van der Waals surface area contributed by atoms with Crippen LogP contribution in [0.1, 0.15) is 23.5 Å². The van der Waals surface area contributed by atoms with Crippen LogP contribution in [-0.4, -0.2) is 44.7 Å². The van der Waals surface area contributed by atoms with Crippen molar-refractivity contribution in [2.75, 3.05) is 38.8 Å². The summed E-state index contributed by atoms with van der Waals surface area (Å²) in [6, 6.07) is 14.0. The van der Waals surface area contributed by atoms with Crippen LogP contribution in [0.25, 0.3) is 0 Å². The van der Waals surface area contributed by atoms with Gasteiger partial charge >= 0.3 is 0 Å². The molecule has 166 valence electrons. The summed E-state index contributed by atoms with van der Waals surface area (Å²) in [5.74, 6) is 1.85. The number of allylic oxidation sites excluding steroid dienone is 1. The fraction of sp³-hybridized carbons (Fsp3) is 0.333. The van der Waals surface area contributed by atoms with Gasteiger partial charge in [-0.3, -0.25) is 9.69 Å². The number of thioether (sulfide) groups is 1. The average molecular weight is 452 g/mol. The molecule has 0 spiro atoms. The largest absolute Gasteiger partial charge is 0.496 e. The van der Waals surface area contributed by atoms with E-state index in [1.165, 1.54) is 11.8 Å². The molecule has 0 saturated carbocycles. The van der Waals surface area contributed by atoms with E-state index in [1.54, 1.807) is 38.4 Å². The third-order valence-electron chi connectivity index (χ3n) is 5.86. The number of carbonyl (C=O) groups excluding carboxylic acids is 1. The van der Waals surface area contributed by atoms with Gasteiger partial charge in [-0.1, -0.05) is 30.0 Å². The van der Waals surface area contributed by atoms with E-state index in [9.17, 15) is 10.1 Å². The minimum Gasteiger partial charge on any atom is -0.496 e. The standard InChI is InChI=1S/C24H25N3O4S/c1-15-7-5-6-8-19(15)26-13-27-23(28)10-16(18(12-25)24(27)32-14-26)17-9-21(30-3)22(31-4)11-20(17)29-2/h5-9,11,16H,10,13-14H2,1-4H3. The molecule has 0 aromatic heterocycles. The number of para-hydroxylation sites is 1. The first kappa shape index (κ1) is 21.9. The highest BCUT2D eigenvalue weighted by atomic mass is 32.2. The number of rotatable bonds is 5. The van der Waals surface area contributed by atoms with Crippen LogP contribution in [0.4, 0.5) is 5.69 Å². The third kappa shape index (κ3) is 3.73. The van der Waals surface area contributed by atoms with Gasteiger partial charge in [0.2, 0.25) is 5.91 Å². The predicted octanol–water partition coefficient (Wildman–Crippen LogP) is 4.24. The van der Waals surface area contributed by atoms with Gasteiger partial charge in [-0.05, 0) is 24.6 Å². The summed E-state index contributed by atoms with van der Waals surface area (Å²) in [7, 11) is 4.68. The highest BCUT2D eigenvalue weighted by Gasteiger charge is 2.39. The van der Waals surface area contributed by atoms with Crippen molar-refractivity contribution in [3.63, 3.8) is 0 Å². The van der Waals surface area contributed by atoms with Gasteiger partial charge in [0.25, 0.3) is 0 Å². The first-order valence-electron chi connectivity index (χ1n) is 10.2. The summed E-state index contributed by atoms with van der Waals surface area (Å²) in [5, 5.41) is 10.8. The van der Waals surface area contributed by atoms with Crippen molar-refractivity contribution in [2.45, 2.75) is 19.3 Å². The number of amides is 1. The molecule has 1 amide bonds. The molecule has 4 rings (SSSR count). The number of nitrogens with zero attached hydrogens (tertiary/aromatic N) is 3. The molecule has 8 heteroatoms. The van der Waals surface area contributed by atoms with Gasteiger partial charge in [0.15, 0.2) is 11.5 Å². The van der Waals surface area contributed by atoms with Gasteiger partial charge in [0.1, 0.15) is 5.75 Å². The van der Waals surface area contributed by atoms with Gasteiger partial charge in [0, 0.05) is 29.7 Å². The topological polar surface area (TPSA) is 75.0 Å². The molecule has 2 aromatic carbocycles. The van der Waals surface area contributed by atoms with E-state index in [1.807, 2.05) is 12.1 Å². The second-order valence-corrected chi connectivity index (χ2v) is 8.53. The Balaban J connectivity index is 1.74. The van der Waals surface area contributed by atoms with Crippen molar-refractivity contribution >= 4 is 23.4 Å². The molecule has 2 aliphatic rings. The van der Waals surface area contributed by atoms with E-state index in [0.29, 0.717) is 35.4 Å². The number of carbonyl (C=O) groups is 1. The van der Waals surface area contributed by atoms with Crippen molar-refractivity contribution < 1.29 is 19.0 Å². The summed E-state index contributed by atoms with van der Waals surface area (Å²) in [4.78, 5) is 17.1. The Morgan fingerprint density at radius 3 is 2.41 bits per heavy atom. The first-order valence-corrected chi connectivity index (χ1v) is 11.2. The first-order chi connectivity index (χ1) is 15.5. The molecule has 32 heavy (non-hydrogen) atoms. The fourth-order valence-electron chi connectivity index (χ4n) is 4.22. The number of methoxy groups -OCH3 is 3. The van der Waals surface area contributed by atoms with Gasteiger partial charge in [-0.25, -0.2) is 0 Å². The maximum absolute atomic E-state index is 13.3. The Morgan fingerprint density at radius 2 is 1.75 bits per heavy atom. The van der Waals surface area contributed by atoms with Crippen molar-refractivity contribution in [2.24, 2.45) is 0 Å². The van der Waals surface area contributed by atoms with E-state index in [2.05, 4.69) is 30.0 Å². The number of ether oxygens (including phenoxy) is 3. The molecular formula is C24H25N3O4S. The van der Waals surface area contributed by atoms with E-state index >= 15 is 0 Å². The van der Waals surface area contributed by atoms with E-state index in [0.717, 1.165) is 21.8 Å². The summed E-state index contributed by atoms with van der Waals surface area (Å²) in [5.41, 5.74) is 3.56. The smallest absolute Gasteiger partial charge is 0.229 e. The molecule has 2 heterocycles. The second-order valence-electron chi connectivity index (χ2n) is 7.60. The molecule has 1 unspecified atom stereocenters. The summed E-state index contributed by atoms with van der Waals surface area (Å²) < 4.78 is 16.4. The third-order valence-corrected chi connectivity index (χ3v) is 7.02. The molecule has 1 fully saturated rings. The molecular weight excluding hydrogens is 426 g/mol. The van der Waals surface area contributed by atoms with Crippen LogP contribution in [0.15, 0.2) is 47.0 Å². The van der Waals surface area contributed by atoms with Crippen LogP contribution in [0, 0.1) is 18.3 Å². The van der Waals surface area contributed by atoms with Crippen LogP contribution in [0.5, 0.6) is 17.2 Å². The Kier molecular flexibility index (Phi) is 6.19. The second kappa shape index (κ2) is 9.05. The summed E-state index contributed by atoms with van der Waals surface area (Å²) in [6.45, 7) is 2.48. The molecule has 2 aromatic rings. The Labute approximate surface area is 192 Å². The maximum atomic E-state index is 13.3. The highest BCUT2D eigenvalue weighted by Crippen LogP contribution is 2.47. The molecule has 0 bridgehead atoms. The number of anilines is 1. The van der Waals surface area contributed by atoms with Crippen molar-refractivity contribution in [1.82, 2.24) is 4.90 Å². The number of hydrogen-bond acceptors (Lipinski definition) is 7. The number of aryl methyl sites for hydroxylation is 1. The van der Waals surface area contributed by atoms with E-state index in [4.69, 9.17) is 14.2 Å². The Bertz CT molecular complexity index is 1120. The Hall–Kier alpha value is -3.31. The van der Waals surface area contributed by atoms with Crippen molar-refractivity contribution in [3.05, 3.63) is 58.1 Å². The lowest BCUT2D eigenvalue weighted by Gasteiger charge is -2.42. The zero-order valence-electron chi connectivity index (χ0n) is 18.5. The lowest BCUT2D eigenvalue weighted by atomic mass is 9.85. The summed E-state index contributed by atoms with van der Waals surface area (Å²) >= 11 is 1.52. The van der Waals surface area contributed by atoms with E-state index < -0.39 is 5.92 Å². The molecule has 2 aliphatic heterocycles. The normalized spacial score (nSPS) is 18.2. The number of benzene rings is 2. The molecule has 0 radical (unpaired) electrons. The lowest BCUT2D eigenvalue weighted by molar-refractivity contribution is -0.129. The van der Waals surface area contributed by atoms with E-state index in [-0.39, 0.29) is 12.3 Å². The maximum Gasteiger partial charge on any atom is 0.229 e. The molecule has 1 saturated heterocycles. The minimum atomic E-state index is -0.411. The van der Waals surface area contributed by atoms with Crippen LogP contribution in [0.3, 0.4) is 0 Å². The minimum absolute atomic E-state index is 0.0216. The van der Waals surface area contributed by atoms with Gasteiger partial charge in [-0.15, -0.1) is 0 Å². The number of hydrogen-bond donors (Lipinski definition) is 0. The van der Waals surface area contributed by atoms with Crippen LogP contribution >= 0.6 is 11.8 Å². The summed E-state index contributed by atoms with van der Waals surface area (Å²) in [6.07, 6.45) is 0.181. The zero-order chi connectivity index (χ0) is 22.8. The van der Waals surface area contributed by atoms with Crippen LogP contribution in [0.2, 0.25) is 0 Å². The molecule has 0 N–H and O–H groups in total. The quantitative estimate of drug-likeness (QED) is 0.673. The zero-order valence-corrected chi connectivity index (χ0v) is 19.4. The lowest BCUT2D eigenvalue weighted by Crippen LogP contribution is -2.47.